The molecule has 1 rings (SSSR count). The molecule has 94 valence electrons. The summed E-state index contributed by atoms with van der Waals surface area (Å²) in [4.78, 5) is 11.9. The first-order valence-corrected chi connectivity index (χ1v) is 7.05. The first-order valence-electron chi connectivity index (χ1n) is 5.20. The lowest BCUT2D eigenvalue weighted by atomic mass is 9.94. The van der Waals surface area contributed by atoms with Crippen molar-refractivity contribution in [3.05, 3.63) is 33.9 Å². The van der Waals surface area contributed by atoms with Gasteiger partial charge in [-0.05, 0) is 49.9 Å². The lowest BCUT2D eigenvalue weighted by Crippen LogP contribution is -2.29. The lowest BCUT2D eigenvalue weighted by Gasteiger charge is -2.16. The van der Waals surface area contributed by atoms with E-state index in [0.29, 0.717) is 5.56 Å². The molecule has 0 bridgehead atoms. The summed E-state index contributed by atoms with van der Waals surface area (Å²) >= 11 is 0. The van der Waals surface area contributed by atoms with Crippen molar-refractivity contribution in [2.24, 2.45) is 11.0 Å². The molecule has 0 fully saturated rings. The third-order valence-corrected chi connectivity index (χ3v) is 3.41. The highest BCUT2D eigenvalue weighted by molar-refractivity contribution is 7.57. The fraction of sp³-hybridized carbons (Fsp3) is 0.364. The van der Waals surface area contributed by atoms with Crippen LogP contribution in [0.15, 0.2) is 6.07 Å². The van der Waals surface area contributed by atoms with Gasteiger partial charge in [0.1, 0.15) is 0 Å². The largest absolute Gasteiger partial charge is 0.300 e. The Morgan fingerprint density at radius 3 is 2.12 bits per heavy atom. The number of benzene rings is 1. The molecular weight excluding hydrogens is 237 g/mol. The highest BCUT2D eigenvalue weighted by Gasteiger charge is 2.19. The topological polar surface area (TPSA) is 98.2 Å². The molecule has 0 unspecified atom stereocenters. The molecule has 0 aliphatic rings. The summed E-state index contributed by atoms with van der Waals surface area (Å²) < 4.78 is 11.2. The van der Waals surface area contributed by atoms with E-state index in [1.54, 1.807) is 0 Å². The minimum Gasteiger partial charge on any atom is -0.279 e. The molecule has 0 saturated carbocycles. The Hall–Kier alpha value is -1.16. The quantitative estimate of drug-likeness (QED) is 0.700. The molecule has 0 aromatic heterocycles. The zero-order valence-corrected chi connectivity index (χ0v) is 11.4. The van der Waals surface area contributed by atoms with Crippen LogP contribution in [-0.2, 0) is 4.57 Å². The van der Waals surface area contributed by atoms with E-state index in [9.17, 15) is 9.36 Å². The number of hydrogen-bond donors (Lipinski definition) is 3. The van der Waals surface area contributed by atoms with Crippen molar-refractivity contribution < 1.29 is 9.36 Å². The predicted molar refractivity (Wildman–Crippen MR) is 68.8 cm³/mol. The summed E-state index contributed by atoms with van der Waals surface area (Å²) in [7, 11) is -3.55. The third kappa shape index (κ3) is 3.16. The number of hydrogen-bond acceptors (Lipinski definition) is 2. The Labute approximate surface area is 101 Å². The van der Waals surface area contributed by atoms with Gasteiger partial charge in [0.05, 0.1) is 0 Å². The normalized spacial score (nSPS) is 11.4. The summed E-state index contributed by atoms with van der Waals surface area (Å²) in [6.45, 7) is 7.59. The van der Waals surface area contributed by atoms with Crippen molar-refractivity contribution in [3.63, 3.8) is 0 Å². The molecule has 17 heavy (non-hydrogen) atoms. The van der Waals surface area contributed by atoms with Gasteiger partial charge < -0.3 is 0 Å². The standard InChI is InChI=1S/C11H18N3O2P/c1-6-5-7(2)10(9(4)8(6)3)11(15)14-17(12,13)16/h5H,1-4H3,(H5,12,13,14,15,16). The lowest BCUT2D eigenvalue weighted by molar-refractivity contribution is 0.0979. The number of aryl methyl sites for hydroxylation is 2. The van der Waals surface area contributed by atoms with Crippen LogP contribution in [0.4, 0.5) is 0 Å². The van der Waals surface area contributed by atoms with Gasteiger partial charge in [0.25, 0.3) is 5.91 Å². The van der Waals surface area contributed by atoms with Gasteiger partial charge in [-0.1, -0.05) is 6.07 Å². The van der Waals surface area contributed by atoms with Gasteiger partial charge >= 0.3 is 7.59 Å². The van der Waals surface area contributed by atoms with E-state index in [4.69, 9.17) is 11.0 Å². The smallest absolute Gasteiger partial charge is 0.279 e. The Kier molecular flexibility index (Phi) is 3.77. The monoisotopic (exact) mass is 255 g/mol. The van der Waals surface area contributed by atoms with Crippen molar-refractivity contribution in [1.82, 2.24) is 5.09 Å². The molecule has 0 aliphatic heterocycles. The maximum atomic E-state index is 11.9. The van der Waals surface area contributed by atoms with Crippen LogP contribution in [-0.4, -0.2) is 5.91 Å². The van der Waals surface area contributed by atoms with Crippen LogP contribution in [0.2, 0.25) is 0 Å². The average molecular weight is 255 g/mol. The number of amides is 1. The van der Waals surface area contributed by atoms with E-state index in [1.165, 1.54) is 0 Å². The molecule has 0 saturated heterocycles. The third-order valence-electron chi connectivity index (χ3n) is 2.86. The summed E-state index contributed by atoms with van der Waals surface area (Å²) in [5, 5.41) is 2.14. The molecule has 0 aliphatic carbocycles. The van der Waals surface area contributed by atoms with Crippen LogP contribution in [0.1, 0.15) is 32.6 Å². The maximum Gasteiger partial charge on any atom is 0.300 e. The van der Waals surface area contributed by atoms with Gasteiger partial charge in [-0.15, -0.1) is 0 Å². The zero-order valence-electron chi connectivity index (χ0n) is 10.5. The van der Waals surface area contributed by atoms with E-state index < -0.39 is 13.5 Å². The molecule has 5 nitrogen and oxygen atoms in total. The number of carbonyl (C=O) groups excluding carboxylic acids is 1. The molecule has 0 radical (unpaired) electrons. The van der Waals surface area contributed by atoms with Gasteiger partial charge in [-0.25, -0.2) is 0 Å². The second-order valence-corrected chi connectivity index (χ2v) is 5.93. The Bertz CT molecular complexity index is 520. The molecule has 0 heterocycles. The van der Waals surface area contributed by atoms with Crippen LogP contribution in [0, 0.1) is 27.7 Å². The molecule has 0 spiro atoms. The number of rotatable bonds is 2. The molecule has 6 heteroatoms. The second kappa shape index (κ2) is 4.61. The number of carbonyl (C=O) groups is 1. The summed E-state index contributed by atoms with van der Waals surface area (Å²) in [5.74, 6) is -0.489. The van der Waals surface area contributed by atoms with Crippen LogP contribution in [0.5, 0.6) is 0 Å². The van der Waals surface area contributed by atoms with Gasteiger partial charge in [-0.3, -0.25) is 25.5 Å². The van der Waals surface area contributed by atoms with Crippen molar-refractivity contribution in [1.29, 1.82) is 0 Å². The summed E-state index contributed by atoms with van der Waals surface area (Å²) in [5.41, 5.74) is 14.6. The number of nitrogens with one attached hydrogen (secondary N) is 1. The van der Waals surface area contributed by atoms with Crippen molar-refractivity contribution >= 4 is 13.5 Å². The first kappa shape index (κ1) is 13.9. The fourth-order valence-corrected chi connectivity index (χ4v) is 2.28. The fourth-order valence-electron chi connectivity index (χ4n) is 1.85. The predicted octanol–water partition coefficient (Wildman–Crippen LogP) is 1.68. The molecule has 1 aromatic rings. The van der Waals surface area contributed by atoms with E-state index in [2.05, 4.69) is 5.09 Å². The van der Waals surface area contributed by atoms with Crippen molar-refractivity contribution in [2.75, 3.05) is 0 Å². The van der Waals surface area contributed by atoms with Gasteiger partial charge in [0, 0.05) is 5.56 Å². The SMILES string of the molecule is Cc1cc(C)c(C(=O)NP(N)(N)=O)c(C)c1C. The summed E-state index contributed by atoms with van der Waals surface area (Å²) in [6.07, 6.45) is 0. The highest BCUT2D eigenvalue weighted by Crippen LogP contribution is 2.25. The van der Waals surface area contributed by atoms with Gasteiger partial charge in [-0.2, -0.15) is 0 Å². The molecule has 0 atom stereocenters. The van der Waals surface area contributed by atoms with E-state index in [0.717, 1.165) is 22.3 Å². The molecule has 1 aromatic carbocycles. The molecule has 1 amide bonds. The zero-order chi connectivity index (χ0) is 13.4. The van der Waals surface area contributed by atoms with E-state index in [-0.39, 0.29) is 0 Å². The van der Waals surface area contributed by atoms with Gasteiger partial charge in [0.15, 0.2) is 0 Å². The molecule has 5 N–H and O–H groups in total. The van der Waals surface area contributed by atoms with Crippen LogP contribution < -0.4 is 16.1 Å². The van der Waals surface area contributed by atoms with Crippen LogP contribution in [0.25, 0.3) is 0 Å². The molecular formula is C11H18N3O2P. The Morgan fingerprint density at radius 1 is 1.12 bits per heavy atom. The van der Waals surface area contributed by atoms with E-state index in [1.807, 2.05) is 33.8 Å². The second-order valence-electron chi connectivity index (χ2n) is 4.29. The highest BCUT2D eigenvalue weighted by atomic mass is 31.2. The minimum absolute atomic E-state index is 0.489. The van der Waals surface area contributed by atoms with Crippen LogP contribution in [0.3, 0.4) is 0 Å². The Morgan fingerprint density at radius 2 is 1.65 bits per heavy atom. The van der Waals surface area contributed by atoms with Crippen molar-refractivity contribution in [2.45, 2.75) is 27.7 Å². The van der Waals surface area contributed by atoms with Crippen molar-refractivity contribution in [3.8, 4) is 0 Å². The number of nitrogens with two attached hydrogens (primary N) is 2. The average Bonchev–Trinajstić information content (AvgIpc) is 2.11. The summed E-state index contributed by atoms with van der Waals surface area (Å²) in [6, 6.07) is 1.91. The van der Waals surface area contributed by atoms with Gasteiger partial charge in [0.2, 0.25) is 0 Å². The maximum absolute atomic E-state index is 11.9. The first-order chi connectivity index (χ1) is 7.63. The van der Waals surface area contributed by atoms with Crippen LogP contribution >= 0.6 is 7.59 Å². The Balaban J connectivity index is 3.28. The minimum atomic E-state index is -3.55. The van der Waals surface area contributed by atoms with E-state index >= 15 is 0 Å².